The van der Waals surface area contributed by atoms with Gasteiger partial charge in [0.25, 0.3) is 0 Å². The number of benzene rings is 1. The normalized spacial score (nSPS) is 10.6. The number of esters is 1. The van der Waals surface area contributed by atoms with E-state index in [4.69, 9.17) is 16.9 Å². The molecular formula is C12H11ClN2O2. The van der Waals surface area contributed by atoms with E-state index in [-0.39, 0.29) is 5.57 Å². The lowest BCUT2D eigenvalue weighted by Crippen LogP contribution is -2.05. The predicted octanol–water partition coefficient (Wildman–Crippen LogP) is 2.64. The number of carbonyl (C=O) groups is 1. The van der Waals surface area contributed by atoms with Crippen LogP contribution in [-0.2, 0) is 9.53 Å². The van der Waals surface area contributed by atoms with E-state index in [0.717, 1.165) is 11.3 Å². The first kappa shape index (κ1) is 13.1. The minimum Gasteiger partial charge on any atom is -0.465 e. The van der Waals surface area contributed by atoms with Crippen LogP contribution in [0.3, 0.4) is 0 Å². The van der Waals surface area contributed by atoms with Crippen molar-refractivity contribution in [3.05, 3.63) is 40.6 Å². The van der Waals surface area contributed by atoms with Crippen LogP contribution < -0.4 is 5.32 Å². The second-order valence-electron chi connectivity index (χ2n) is 3.26. The molecule has 0 atom stereocenters. The number of nitriles is 1. The number of hydrogen-bond acceptors (Lipinski definition) is 4. The Morgan fingerprint density at radius 1 is 1.59 bits per heavy atom. The average molecular weight is 251 g/mol. The van der Waals surface area contributed by atoms with Gasteiger partial charge in [-0.25, -0.2) is 4.79 Å². The fourth-order valence-electron chi connectivity index (χ4n) is 1.15. The van der Waals surface area contributed by atoms with Gasteiger partial charge >= 0.3 is 5.97 Å². The van der Waals surface area contributed by atoms with E-state index in [0.29, 0.717) is 5.02 Å². The standard InChI is InChI=1S/C12H11ClN2O2/c1-8-3-4-10(13)5-11(8)15-7-9(6-14)12(16)17-2/h3-5,7,15H,1-2H3/b9-7+. The number of aryl methyl sites for hydroxylation is 1. The maximum absolute atomic E-state index is 11.1. The SMILES string of the molecule is COC(=O)/C(C#N)=C/Nc1cc(Cl)ccc1C. The van der Waals surface area contributed by atoms with Crippen LogP contribution in [0.2, 0.25) is 5.02 Å². The quantitative estimate of drug-likeness (QED) is 0.509. The molecule has 1 N–H and O–H groups in total. The lowest BCUT2D eigenvalue weighted by molar-refractivity contribution is -0.135. The summed E-state index contributed by atoms with van der Waals surface area (Å²) in [5.74, 6) is -0.681. The van der Waals surface area contributed by atoms with Gasteiger partial charge in [0, 0.05) is 16.9 Å². The summed E-state index contributed by atoms with van der Waals surface area (Å²) in [7, 11) is 1.22. The molecule has 1 rings (SSSR count). The van der Waals surface area contributed by atoms with Crippen molar-refractivity contribution in [2.75, 3.05) is 12.4 Å². The zero-order chi connectivity index (χ0) is 12.8. The van der Waals surface area contributed by atoms with Crippen molar-refractivity contribution in [3.8, 4) is 6.07 Å². The molecule has 5 heteroatoms. The van der Waals surface area contributed by atoms with Gasteiger partial charge in [0.15, 0.2) is 5.57 Å². The van der Waals surface area contributed by atoms with Crippen LogP contribution in [0.5, 0.6) is 0 Å². The maximum Gasteiger partial charge on any atom is 0.350 e. The third-order valence-electron chi connectivity index (χ3n) is 2.10. The van der Waals surface area contributed by atoms with E-state index in [2.05, 4.69) is 10.1 Å². The Kier molecular flexibility index (Phi) is 4.56. The molecule has 0 aliphatic heterocycles. The van der Waals surface area contributed by atoms with E-state index in [9.17, 15) is 4.79 Å². The van der Waals surface area contributed by atoms with Crippen LogP contribution in [0.4, 0.5) is 5.69 Å². The third-order valence-corrected chi connectivity index (χ3v) is 2.33. The molecule has 0 aromatic heterocycles. The number of hydrogen-bond donors (Lipinski definition) is 1. The second-order valence-corrected chi connectivity index (χ2v) is 3.70. The maximum atomic E-state index is 11.1. The number of carbonyl (C=O) groups excluding carboxylic acids is 1. The van der Waals surface area contributed by atoms with Crippen molar-refractivity contribution >= 4 is 23.3 Å². The van der Waals surface area contributed by atoms with Crippen LogP contribution in [0.15, 0.2) is 30.0 Å². The highest BCUT2D eigenvalue weighted by Crippen LogP contribution is 2.20. The van der Waals surface area contributed by atoms with Gasteiger partial charge in [-0.3, -0.25) is 0 Å². The number of nitrogens with one attached hydrogen (secondary N) is 1. The Labute approximate surface area is 104 Å². The molecule has 17 heavy (non-hydrogen) atoms. The molecule has 0 saturated carbocycles. The van der Waals surface area contributed by atoms with Crippen LogP contribution in [0.25, 0.3) is 0 Å². The van der Waals surface area contributed by atoms with Crippen LogP contribution >= 0.6 is 11.6 Å². The number of anilines is 1. The topological polar surface area (TPSA) is 62.1 Å². The molecule has 0 fully saturated rings. The van der Waals surface area contributed by atoms with Gasteiger partial charge in [-0.05, 0) is 24.6 Å². The molecule has 0 aliphatic rings. The summed E-state index contributed by atoms with van der Waals surface area (Å²) in [5, 5.41) is 12.2. The number of ether oxygens (including phenoxy) is 1. The zero-order valence-corrected chi connectivity index (χ0v) is 10.2. The third kappa shape index (κ3) is 3.51. The van der Waals surface area contributed by atoms with Crippen molar-refractivity contribution < 1.29 is 9.53 Å². The average Bonchev–Trinajstić information content (AvgIpc) is 2.33. The van der Waals surface area contributed by atoms with Crippen molar-refractivity contribution in [1.29, 1.82) is 5.26 Å². The summed E-state index contributed by atoms with van der Waals surface area (Å²) in [6.45, 7) is 1.89. The van der Waals surface area contributed by atoms with Gasteiger partial charge in [-0.1, -0.05) is 17.7 Å². The first-order valence-corrected chi connectivity index (χ1v) is 5.17. The fraction of sp³-hybridized carbons (Fsp3) is 0.167. The second kappa shape index (κ2) is 5.92. The van der Waals surface area contributed by atoms with E-state index in [1.807, 2.05) is 13.0 Å². The summed E-state index contributed by atoms with van der Waals surface area (Å²) in [4.78, 5) is 11.1. The Morgan fingerprint density at radius 3 is 2.88 bits per heavy atom. The number of rotatable bonds is 3. The molecular weight excluding hydrogens is 240 g/mol. The Bertz CT molecular complexity index is 504. The molecule has 0 unspecified atom stereocenters. The molecule has 0 heterocycles. The van der Waals surface area contributed by atoms with Gasteiger partial charge in [0.2, 0.25) is 0 Å². The van der Waals surface area contributed by atoms with Gasteiger partial charge in [0.1, 0.15) is 6.07 Å². The van der Waals surface area contributed by atoms with Crippen molar-refractivity contribution in [2.24, 2.45) is 0 Å². The van der Waals surface area contributed by atoms with Gasteiger partial charge < -0.3 is 10.1 Å². The Balaban J connectivity index is 2.92. The van der Waals surface area contributed by atoms with Crippen molar-refractivity contribution in [2.45, 2.75) is 6.92 Å². The van der Waals surface area contributed by atoms with Crippen molar-refractivity contribution in [1.82, 2.24) is 0 Å². The highest BCUT2D eigenvalue weighted by atomic mass is 35.5. The molecule has 1 aromatic carbocycles. The van der Waals surface area contributed by atoms with Gasteiger partial charge in [0.05, 0.1) is 7.11 Å². The van der Waals surface area contributed by atoms with Crippen LogP contribution in [0.1, 0.15) is 5.56 Å². The minimum absolute atomic E-state index is 0.105. The lowest BCUT2D eigenvalue weighted by Gasteiger charge is -2.06. The van der Waals surface area contributed by atoms with E-state index < -0.39 is 5.97 Å². The summed E-state index contributed by atoms with van der Waals surface area (Å²) in [6, 6.07) is 7.05. The summed E-state index contributed by atoms with van der Waals surface area (Å²) in [5.41, 5.74) is 1.58. The zero-order valence-electron chi connectivity index (χ0n) is 9.45. The van der Waals surface area contributed by atoms with E-state index in [1.165, 1.54) is 13.3 Å². The monoisotopic (exact) mass is 250 g/mol. The predicted molar refractivity (Wildman–Crippen MR) is 65.5 cm³/mol. The van der Waals surface area contributed by atoms with Crippen molar-refractivity contribution in [3.63, 3.8) is 0 Å². The smallest absolute Gasteiger partial charge is 0.350 e. The molecule has 0 amide bonds. The molecule has 88 valence electrons. The van der Waals surface area contributed by atoms with E-state index in [1.54, 1.807) is 18.2 Å². The fourth-order valence-corrected chi connectivity index (χ4v) is 1.32. The first-order chi connectivity index (χ1) is 8.08. The molecule has 0 saturated heterocycles. The molecule has 1 aromatic rings. The molecule has 4 nitrogen and oxygen atoms in total. The number of methoxy groups -OCH3 is 1. The minimum atomic E-state index is -0.681. The molecule has 0 bridgehead atoms. The Hall–Kier alpha value is -1.99. The van der Waals surface area contributed by atoms with Gasteiger partial charge in [-0.15, -0.1) is 0 Å². The lowest BCUT2D eigenvalue weighted by atomic mass is 10.2. The summed E-state index contributed by atoms with van der Waals surface area (Å²) >= 11 is 5.84. The molecule has 0 spiro atoms. The van der Waals surface area contributed by atoms with Crippen LogP contribution in [-0.4, -0.2) is 13.1 Å². The van der Waals surface area contributed by atoms with E-state index >= 15 is 0 Å². The molecule has 0 aliphatic carbocycles. The summed E-state index contributed by atoms with van der Waals surface area (Å²) in [6.07, 6.45) is 1.30. The highest BCUT2D eigenvalue weighted by molar-refractivity contribution is 6.30. The molecule has 0 radical (unpaired) electrons. The number of nitrogens with zero attached hydrogens (tertiary/aromatic N) is 1. The van der Waals surface area contributed by atoms with Crippen LogP contribution in [0, 0.1) is 18.3 Å². The Morgan fingerprint density at radius 2 is 2.29 bits per heavy atom. The summed E-state index contributed by atoms with van der Waals surface area (Å²) < 4.78 is 4.45. The highest BCUT2D eigenvalue weighted by Gasteiger charge is 2.08. The first-order valence-electron chi connectivity index (χ1n) is 4.79. The largest absolute Gasteiger partial charge is 0.465 e. The number of halogens is 1. The van der Waals surface area contributed by atoms with Gasteiger partial charge in [-0.2, -0.15) is 5.26 Å².